The summed E-state index contributed by atoms with van der Waals surface area (Å²) in [6.45, 7) is 0. The lowest BCUT2D eigenvalue weighted by Crippen LogP contribution is -2.24. The molecule has 1 aromatic rings. The van der Waals surface area contributed by atoms with Crippen molar-refractivity contribution in [2.75, 3.05) is 11.5 Å². The van der Waals surface area contributed by atoms with Crippen molar-refractivity contribution < 1.29 is 16.8 Å². The molecular formula is C6H8IN3O4S2. The zero-order chi connectivity index (χ0) is 12.4. The van der Waals surface area contributed by atoms with Crippen LogP contribution in [-0.4, -0.2) is 38.3 Å². The Balaban J connectivity index is 3.01. The summed E-state index contributed by atoms with van der Waals surface area (Å²) in [7, 11) is -7.55. The van der Waals surface area contributed by atoms with E-state index in [0.29, 0.717) is 3.57 Å². The fraction of sp³-hybridized carbons (Fsp3) is 0.333. The minimum atomic E-state index is -3.80. The molecule has 0 aliphatic heterocycles. The standard InChI is InChI=1S/C6H8IN3O4S2/c7-5-3-9-4-10-6(5)15(11,12)1-2-16(8,13)14/h3-4H,1-2H2,(H2,8,13,14). The van der Waals surface area contributed by atoms with Crippen molar-refractivity contribution in [2.45, 2.75) is 5.03 Å². The summed E-state index contributed by atoms with van der Waals surface area (Å²) < 4.78 is 45.1. The highest BCUT2D eigenvalue weighted by Gasteiger charge is 2.21. The third-order valence-electron chi connectivity index (χ3n) is 1.57. The second-order valence-corrected chi connectivity index (χ2v) is 7.78. The van der Waals surface area contributed by atoms with Gasteiger partial charge in [-0.2, -0.15) is 0 Å². The number of rotatable bonds is 4. The molecule has 90 valence electrons. The molecule has 0 radical (unpaired) electrons. The smallest absolute Gasteiger partial charge is 0.210 e. The molecule has 10 heteroatoms. The summed E-state index contributed by atoms with van der Waals surface area (Å²) >= 11 is 1.76. The van der Waals surface area contributed by atoms with Crippen LogP contribution in [0, 0.1) is 3.57 Å². The molecule has 1 heterocycles. The lowest BCUT2D eigenvalue weighted by Gasteiger charge is -2.03. The fourth-order valence-corrected chi connectivity index (χ4v) is 4.72. The first kappa shape index (κ1) is 13.7. The summed E-state index contributed by atoms with van der Waals surface area (Å²) in [5.41, 5.74) is 0. The number of sulfonamides is 1. The van der Waals surface area contributed by atoms with Gasteiger partial charge in [0, 0.05) is 6.20 Å². The second-order valence-electron chi connectivity index (χ2n) is 2.86. The Kier molecular flexibility index (Phi) is 4.20. The third-order valence-corrected chi connectivity index (χ3v) is 5.41. The first-order valence-corrected chi connectivity index (χ1v) is 8.36. The fourth-order valence-electron chi connectivity index (χ4n) is 0.853. The zero-order valence-electron chi connectivity index (χ0n) is 7.87. The van der Waals surface area contributed by atoms with Crippen LogP contribution in [0.25, 0.3) is 0 Å². The number of primary sulfonamides is 1. The average Bonchev–Trinajstić information content (AvgIpc) is 2.14. The van der Waals surface area contributed by atoms with E-state index in [4.69, 9.17) is 5.14 Å². The van der Waals surface area contributed by atoms with Gasteiger partial charge in [0.1, 0.15) is 6.33 Å². The Bertz CT molecular complexity index is 584. The van der Waals surface area contributed by atoms with Gasteiger partial charge in [0.05, 0.1) is 15.1 Å². The minimum Gasteiger partial charge on any atom is -0.244 e. The molecule has 0 unspecified atom stereocenters. The molecule has 1 aromatic heterocycles. The number of hydrogen-bond acceptors (Lipinski definition) is 6. The normalized spacial score (nSPS) is 12.6. The molecule has 0 aliphatic rings. The first-order chi connectivity index (χ1) is 7.22. The van der Waals surface area contributed by atoms with Crippen molar-refractivity contribution in [3.8, 4) is 0 Å². The highest BCUT2D eigenvalue weighted by atomic mass is 127. The molecule has 0 saturated heterocycles. The van der Waals surface area contributed by atoms with Gasteiger partial charge in [-0.3, -0.25) is 0 Å². The Hall–Kier alpha value is -0.330. The van der Waals surface area contributed by atoms with Crippen LogP contribution in [0.4, 0.5) is 0 Å². The summed E-state index contributed by atoms with van der Waals surface area (Å²) in [5, 5.41) is 4.56. The van der Waals surface area contributed by atoms with Gasteiger partial charge in [0.15, 0.2) is 14.9 Å². The van der Waals surface area contributed by atoms with Gasteiger partial charge in [0.2, 0.25) is 10.0 Å². The monoisotopic (exact) mass is 377 g/mol. The maximum absolute atomic E-state index is 11.7. The summed E-state index contributed by atoms with van der Waals surface area (Å²) in [4.78, 5) is 7.25. The molecule has 0 fully saturated rings. The van der Waals surface area contributed by atoms with E-state index in [-0.39, 0.29) is 5.03 Å². The predicted molar refractivity (Wildman–Crippen MR) is 64.8 cm³/mol. The van der Waals surface area contributed by atoms with Crippen LogP contribution >= 0.6 is 22.6 Å². The first-order valence-electron chi connectivity index (χ1n) is 3.91. The van der Waals surface area contributed by atoms with Gasteiger partial charge in [-0.15, -0.1) is 0 Å². The highest BCUT2D eigenvalue weighted by molar-refractivity contribution is 14.1. The molecule has 0 spiro atoms. The highest BCUT2D eigenvalue weighted by Crippen LogP contribution is 2.14. The molecule has 16 heavy (non-hydrogen) atoms. The van der Waals surface area contributed by atoms with E-state index >= 15 is 0 Å². The quantitative estimate of drug-likeness (QED) is 0.539. The number of hydrogen-bond donors (Lipinski definition) is 1. The van der Waals surface area contributed by atoms with Crippen LogP contribution in [-0.2, 0) is 19.9 Å². The summed E-state index contributed by atoms with van der Waals surface area (Å²) in [6.07, 6.45) is 2.42. The third kappa shape index (κ3) is 3.92. The van der Waals surface area contributed by atoms with Crippen LogP contribution in [0.5, 0.6) is 0 Å². The molecule has 0 bridgehead atoms. The number of aromatic nitrogens is 2. The Morgan fingerprint density at radius 3 is 2.38 bits per heavy atom. The maximum atomic E-state index is 11.7. The molecule has 0 aromatic carbocycles. The van der Waals surface area contributed by atoms with Gasteiger partial charge < -0.3 is 0 Å². The van der Waals surface area contributed by atoms with Gasteiger partial charge in [-0.25, -0.2) is 31.9 Å². The average molecular weight is 377 g/mol. The lowest BCUT2D eigenvalue weighted by atomic mass is 10.7. The second kappa shape index (κ2) is 4.89. The summed E-state index contributed by atoms with van der Waals surface area (Å²) in [6, 6.07) is 0. The molecule has 7 nitrogen and oxygen atoms in total. The van der Waals surface area contributed by atoms with Crippen LogP contribution in [0.1, 0.15) is 0 Å². The molecular weight excluding hydrogens is 369 g/mol. The van der Waals surface area contributed by atoms with Crippen molar-refractivity contribution in [1.82, 2.24) is 9.97 Å². The van der Waals surface area contributed by atoms with Crippen LogP contribution in [0.15, 0.2) is 17.6 Å². The van der Waals surface area contributed by atoms with Crippen LogP contribution in [0.3, 0.4) is 0 Å². The predicted octanol–water partition coefficient (Wildman–Crippen LogP) is -0.857. The van der Waals surface area contributed by atoms with Gasteiger partial charge >= 0.3 is 0 Å². The van der Waals surface area contributed by atoms with E-state index in [1.807, 2.05) is 0 Å². The molecule has 0 atom stereocenters. The number of nitrogens with two attached hydrogens (primary N) is 1. The molecule has 0 aliphatic carbocycles. The Morgan fingerprint density at radius 1 is 1.25 bits per heavy atom. The molecule has 0 saturated carbocycles. The van der Waals surface area contributed by atoms with E-state index < -0.39 is 31.4 Å². The van der Waals surface area contributed by atoms with E-state index in [0.717, 1.165) is 6.33 Å². The molecule has 2 N–H and O–H groups in total. The van der Waals surface area contributed by atoms with Crippen molar-refractivity contribution in [3.05, 3.63) is 16.1 Å². The SMILES string of the molecule is NS(=O)(=O)CCS(=O)(=O)c1ncncc1I. The lowest BCUT2D eigenvalue weighted by molar-refractivity contribution is 0.585. The minimum absolute atomic E-state index is 0.174. The van der Waals surface area contributed by atoms with Crippen molar-refractivity contribution in [1.29, 1.82) is 0 Å². The Labute approximate surface area is 107 Å². The van der Waals surface area contributed by atoms with Crippen molar-refractivity contribution >= 4 is 42.5 Å². The van der Waals surface area contributed by atoms with Gasteiger partial charge in [0.25, 0.3) is 0 Å². The number of sulfone groups is 1. The largest absolute Gasteiger partial charge is 0.244 e. The van der Waals surface area contributed by atoms with E-state index in [9.17, 15) is 16.8 Å². The van der Waals surface area contributed by atoms with Crippen LogP contribution in [0.2, 0.25) is 0 Å². The van der Waals surface area contributed by atoms with Crippen LogP contribution < -0.4 is 5.14 Å². The zero-order valence-corrected chi connectivity index (χ0v) is 11.7. The van der Waals surface area contributed by atoms with Gasteiger partial charge in [-0.05, 0) is 22.6 Å². The van der Waals surface area contributed by atoms with E-state index in [1.54, 1.807) is 22.6 Å². The maximum Gasteiger partial charge on any atom is 0.210 e. The van der Waals surface area contributed by atoms with E-state index in [2.05, 4.69) is 9.97 Å². The summed E-state index contributed by atoms with van der Waals surface area (Å²) in [5.74, 6) is -1.21. The molecule has 0 amide bonds. The van der Waals surface area contributed by atoms with Crippen molar-refractivity contribution in [2.24, 2.45) is 5.14 Å². The van der Waals surface area contributed by atoms with E-state index in [1.165, 1.54) is 6.20 Å². The van der Waals surface area contributed by atoms with Gasteiger partial charge in [-0.1, -0.05) is 0 Å². The number of nitrogens with zero attached hydrogens (tertiary/aromatic N) is 2. The Morgan fingerprint density at radius 2 is 1.88 bits per heavy atom. The van der Waals surface area contributed by atoms with Crippen molar-refractivity contribution in [3.63, 3.8) is 0 Å². The molecule has 1 rings (SSSR count). The number of halogens is 1. The topological polar surface area (TPSA) is 120 Å².